The summed E-state index contributed by atoms with van der Waals surface area (Å²) in [6, 6.07) is 14.3. The van der Waals surface area contributed by atoms with Crippen LogP contribution in [-0.4, -0.2) is 5.11 Å². The molecule has 2 nitrogen and oxygen atoms in total. The number of hydrogen-bond acceptors (Lipinski definition) is 2. The zero-order valence-electron chi connectivity index (χ0n) is 11.0. The molecule has 0 saturated carbocycles. The van der Waals surface area contributed by atoms with Crippen LogP contribution in [0, 0.1) is 0 Å². The molecule has 100 valence electrons. The Morgan fingerprint density at radius 2 is 1.74 bits per heavy atom. The van der Waals surface area contributed by atoms with Gasteiger partial charge in [-0.15, -0.1) is 0 Å². The van der Waals surface area contributed by atoms with Crippen LogP contribution in [0.15, 0.2) is 46.9 Å². The van der Waals surface area contributed by atoms with Crippen LogP contribution in [0.2, 0.25) is 0 Å². The van der Waals surface area contributed by atoms with Gasteiger partial charge in [-0.25, -0.2) is 0 Å². The van der Waals surface area contributed by atoms with Crippen molar-refractivity contribution in [1.29, 1.82) is 0 Å². The first-order valence-electron chi connectivity index (χ1n) is 6.44. The Hall–Kier alpha value is -1.32. The minimum absolute atomic E-state index is 0.0976. The summed E-state index contributed by atoms with van der Waals surface area (Å²) in [5.41, 5.74) is 4.64. The fourth-order valence-corrected chi connectivity index (χ4v) is 2.40. The van der Waals surface area contributed by atoms with Gasteiger partial charge < -0.3 is 10.4 Å². The summed E-state index contributed by atoms with van der Waals surface area (Å²) >= 11 is 3.50. The zero-order chi connectivity index (χ0) is 13.7. The van der Waals surface area contributed by atoms with Gasteiger partial charge in [0.2, 0.25) is 0 Å². The van der Waals surface area contributed by atoms with Crippen molar-refractivity contribution in [2.24, 2.45) is 0 Å². The van der Waals surface area contributed by atoms with Gasteiger partial charge in [0.15, 0.2) is 0 Å². The Labute approximate surface area is 122 Å². The highest BCUT2D eigenvalue weighted by Crippen LogP contribution is 2.22. The predicted octanol–water partition coefficient (Wildman–Crippen LogP) is 4.12. The van der Waals surface area contributed by atoms with E-state index in [0.29, 0.717) is 0 Å². The standard InChI is InChI=1S/C16H18BrNO/c1-2-14-9-15(17)7-8-16(14)18-10-12-3-5-13(11-19)6-4-12/h3-9,18-19H,2,10-11H2,1H3. The molecule has 0 spiro atoms. The third kappa shape index (κ3) is 3.82. The first-order chi connectivity index (χ1) is 9.22. The molecule has 0 atom stereocenters. The average molecular weight is 320 g/mol. The van der Waals surface area contributed by atoms with E-state index in [0.717, 1.165) is 23.0 Å². The number of aryl methyl sites for hydroxylation is 1. The van der Waals surface area contributed by atoms with Gasteiger partial charge >= 0.3 is 0 Å². The summed E-state index contributed by atoms with van der Waals surface area (Å²) in [4.78, 5) is 0. The summed E-state index contributed by atoms with van der Waals surface area (Å²) in [7, 11) is 0. The number of rotatable bonds is 5. The molecular formula is C16H18BrNO. The van der Waals surface area contributed by atoms with E-state index < -0.39 is 0 Å². The number of nitrogens with one attached hydrogen (secondary N) is 1. The van der Waals surface area contributed by atoms with Gasteiger partial charge in [0.25, 0.3) is 0 Å². The average Bonchev–Trinajstić information content (AvgIpc) is 2.46. The molecule has 2 N–H and O–H groups in total. The van der Waals surface area contributed by atoms with E-state index in [4.69, 9.17) is 5.11 Å². The number of aliphatic hydroxyl groups excluding tert-OH is 1. The van der Waals surface area contributed by atoms with E-state index in [1.807, 2.05) is 24.3 Å². The lowest BCUT2D eigenvalue weighted by Crippen LogP contribution is -2.02. The Morgan fingerprint density at radius 3 is 2.37 bits per heavy atom. The summed E-state index contributed by atoms with van der Waals surface area (Å²) in [6.45, 7) is 3.05. The summed E-state index contributed by atoms with van der Waals surface area (Å²) in [6.07, 6.45) is 1.01. The molecule has 0 unspecified atom stereocenters. The van der Waals surface area contributed by atoms with Gasteiger partial charge in [0, 0.05) is 16.7 Å². The minimum Gasteiger partial charge on any atom is -0.392 e. The number of benzene rings is 2. The van der Waals surface area contributed by atoms with Crippen LogP contribution in [0.4, 0.5) is 5.69 Å². The van der Waals surface area contributed by atoms with Gasteiger partial charge in [-0.05, 0) is 41.3 Å². The van der Waals surface area contributed by atoms with Crippen molar-refractivity contribution in [2.45, 2.75) is 26.5 Å². The van der Waals surface area contributed by atoms with Gasteiger partial charge in [-0.1, -0.05) is 47.1 Å². The van der Waals surface area contributed by atoms with Crippen molar-refractivity contribution < 1.29 is 5.11 Å². The van der Waals surface area contributed by atoms with Crippen LogP contribution >= 0.6 is 15.9 Å². The van der Waals surface area contributed by atoms with Crippen LogP contribution in [0.25, 0.3) is 0 Å². The molecule has 2 rings (SSSR count). The molecule has 0 amide bonds. The first kappa shape index (κ1) is 14.1. The molecule has 0 fully saturated rings. The van der Waals surface area contributed by atoms with E-state index >= 15 is 0 Å². The summed E-state index contributed by atoms with van der Waals surface area (Å²) < 4.78 is 1.11. The third-order valence-electron chi connectivity index (χ3n) is 3.14. The molecule has 0 aromatic heterocycles. The Morgan fingerprint density at radius 1 is 1.05 bits per heavy atom. The van der Waals surface area contributed by atoms with E-state index in [1.165, 1.54) is 16.8 Å². The molecule has 2 aromatic carbocycles. The maximum absolute atomic E-state index is 9.01. The van der Waals surface area contributed by atoms with Gasteiger partial charge in [0.05, 0.1) is 6.61 Å². The maximum atomic E-state index is 9.01. The molecule has 3 heteroatoms. The van der Waals surface area contributed by atoms with E-state index in [9.17, 15) is 0 Å². The molecule has 2 aromatic rings. The third-order valence-corrected chi connectivity index (χ3v) is 3.63. The normalized spacial score (nSPS) is 10.5. The smallest absolute Gasteiger partial charge is 0.0681 e. The molecule has 0 aliphatic heterocycles. The van der Waals surface area contributed by atoms with Crippen LogP contribution in [0.1, 0.15) is 23.6 Å². The highest BCUT2D eigenvalue weighted by atomic mass is 79.9. The molecule has 0 aliphatic rings. The predicted molar refractivity (Wildman–Crippen MR) is 83.2 cm³/mol. The van der Waals surface area contributed by atoms with Crippen molar-refractivity contribution in [3.05, 3.63) is 63.6 Å². The zero-order valence-corrected chi connectivity index (χ0v) is 12.6. The fraction of sp³-hybridized carbons (Fsp3) is 0.250. The topological polar surface area (TPSA) is 32.3 Å². The highest BCUT2D eigenvalue weighted by Gasteiger charge is 2.01. The lowest BCUT2D eigenvalue weighted by Gasteiger charge is -2.12. The van der Waals surface area contributed by atoms with Crippen molar-refractivity contribution >= 4 is 21.6 Å². The summed E-state index contributed by atoms with van der Waals surface area (Å²) in [5.74, 6) is 0. The molecule has 0 saturated heterocycles. The Balaban J connectivity index is 2.05. The molecule has 0 aliphatic carbocycles. The Kier molecular flexibility index (Phi) is 5.00. The second-order valence-electron chi connectivity index (χ2n) is 4.48. The molecule has 0 heterocycles. The quantitative estimate of drug-likeness (QED) is 0.869. The van der Waals surface area contributed by atoms with Crippen LogP contribution in [0.5, 0.6) is 0 Å². The van der Waals surface area contributed by atoms with Crippen molar-refractivity contribution in [3.8, 4) is 0 Å². The fourth-order valence-electron chi connectivity index (χ4n) is 1.99. The highest BCUT2D eigenvalue weighted by molar-refractivity contribution is 9.10. The van der Waals surface area contributed by atoms with Gasteiger partial charge in [-0.2, -0.15) is 0 Å². The monoisotopic (exact) mass is 319 g/mol. The lowest BCUT2D eigenvalue weighted by molar-refractivity contribution is 0.282. The lowest BCUT2D eigenvalue weighted by atomic mass is 10.1. The van der Waals surface area contributed by atoms with Crippen molar-refractivity contribution in [3.63, 3.8) is 0 Å². The number of hydrogen-bond donors (Lipinski definition) is 2. The number of halogens is 1. The van der Waals surface area contributed by atoms with Crippen LogP contribution in [-0.2, 0) is 19.6 Å². The summed E-state index contributed by atoms with van der Waals surface area (Å²) in [5, 5.41) is 12.5. The van der Waals surface area contributed by atoms with Crippen molar-refractivity contribution in [1.82, 2.24) is 0 Å². The van der Waals surface area contributed by atoms with Crippen LogP contribution < -0.4 is 5.32 Å². The SMILES string of the molecule is CCc1cc(Br)ccc1NCc1ccc(CO)cc1. The van der Waals surface area contributed by atoms with Gasteiger partial charge in [-0.3, -0.25) is 0 Å². The molecule has 0 bridgehead atoms. The maximum Gasteiger partial charge on any atom is 0.0681 e. The first-order valence-corrected chi connectivity index (χ1v) is 7.23. The van der Waals surface area contributed by atoms with E-state index in [1.54, 1.807) is 0 Å². The minimum atomic E-state index is 0.0976. The molecule has 0 radical (unpaired) electrons. The molecule has 19 heavy (non-hydrogen) atoms. The second kappa shape index (κ2) is 6.73. The van der Waals surface area contributed by atoms with E-state index in [-0.39, 0.29) is 6.61 Å². The molecular weight excluding hydrogens is 302 g/mol. The van der Waals surface area contributed by atoms with Crippen LogP contribution in [0.3, 0.4) is 0 Å². The van der Waals surface area contributed by atoms with Crippen molar-refractivity contribution in [2.75, 3.05) is 5.32 Å². The number of aliphatic hydroxyl groups is 1. The van der Waals surface area contributed by atoms with E-state index in [2.05, 4.69) is 46.4 Å². The Bertz CT molecular complexity index is 537. The number of anilines is 1. The second-order valence-corrected chi connectivity index (χ2v) is 5.40. The largest absolute Gasteiger partial charge is 0.392 e. The van der Waals surface area contributed by atoms with Gasteiger partial charge in [0.1, 0.15) is 0 Å².